The van der Waals surface area contributed by atoms with E-state index in [1.165, 1.54) is 12.3 Å². The number of carboxylic acids is 1. The zero-order valence-corrected chi connectivity index (χ0v) is 17.9. The number of benzene rings is 1. The summed E-state index contributed by atoms with van der Waals surface area (Å²) < 4.78 is 27.7. The van der Waals surface area contributed by atoms with Crippen molar-refractivity contribution in [3.63, 3.8) is 0 Å². The third-order valence-corrected chi connectivity index (χ3v) is 5.20. The van der Waals surface area contributed by atoms with Crippen molar-refractivity contribution in [3.8, 4) is 0 Å². The molecular formula is C23H28O9. The molecule has 2 heterocycles. The molecule has 3 rings (SSSR count). The number of hydrogen-bond donors (Lipinski definition) is 2. The smallest absolute Gasteiger partial charge is 0.370 e. The third kappa shape index (κ3) is 5.74. The summed E-state index contributed by atoms with van der Waals surface area (Å²) in [6.07, 6.45) is 2.41. The predicted molar refractivity (Wildman–Crippen MR) is 114 cm³/mol. The Balaban J connectivity index is 1.87. The molecule has 9 heteroatoms. The van der Waals surface area contributed by atoms with Gasteiger partial charge in [0.15, 0.2) is 5.43 Å². The van der Waals surface area contributed by atoms with Gasteiger partial charge < -0.3 is 33.6 Å². The van der Waals surface area contributed by atoms with Crippen molar-refractivity contribution >= 4 is 16.9 Å². The van der Waals surface area contributed by atoms with Gasteiger partial charge in [0, 0.05) is 30.6 Å². The Kier molecular flexibility index (Phi) is 8.81. The molecule has 0 bridgehead atoms. The van der Waals surface area contributed by atoms with Crippen LogP contribution in [0.5, 0.6) is 0 Å². The molecule has 0 saturated heterocycles. The SMILES string of the molecule is CCO[C@@H]1OC(C(=O)O)=C[C@H](c2coc3ccccc3c2=O)[C@@H]1CCOCCOCCO. The number of fused-ring (bicyclic) bond motifs is 1. The zero-order valence-electron chi connectivity index (χ0n) is 17.9. The quantitative estimate of drug-likeness (QED) is 0.470. The van der Waals surface area contributed by atoms with Crippen LogP contribution in [0.3, 0.4) is 0 Å². The number of aliphatic hydroxyl groups is 1. The highest BCUT2D eigenvalue weighted by atomic mass is 16.7. The van der Waals surface area contributed by atoms with Crippen molar-refractivity contribution < 1.29 is 38.4 Å². The molecule has 32 heavy (non-hydrogen) atoms. The lowest BCUT2D eigenvalue weighted by Crippen LogP contribution is -2.38. The summed E-state index contributed by atoms with van der Waals surface area (Å²) in [5.74, 6) is -2.47. The molecule has 9 nitrogen and oxygen atoms in total. The van der Waals surface area contributed by atoms with Gasteiger partial charge in [0.25, 0.3) is 0 Å². The molecule has 1 aromatic carbocycles. The van der Waals surface area contributed by atoms with Crippen LogP contribution in [0.1, 0.15) is 24.8 Å². The summed E-state index contributed by atoms with van der Waals surface area (Å²) in [6, 6.07) is 6.91. The minimum absolute atomic E-state index is 0.0519. The van der Waals surface area contributed by atoms with Gasteiger partial charge >= 0.3 is 5.97 Å². The molecule has 0 unspecified atom stereocenters. The molecule has 0 amide bonds. The first-order chi connectivity index (χ1) is 15.6. The Bertz CT molecular complexity index is 981. The van der Waals surface area contributed by atoms with E-state index in [-0.39, 0.29) is 30.3 Å². The highest BCUT2D eigenvalue weighted by Gasteiger charge is 2.39. The van der Waals surface area contributed by atoms with Crippen LogP contribution in [0.15, 0.2) is 51.6 Å². The van der Waals surface area contributed by atoms with Gasteiger partial charge in [-0.25, -0.2) is 4.79 Å². The second-order valence-electron chi connectivity index (χ2n) is 7.22. The normalized spacial score (nSPS) is 20.7. The monoisotopic (exact) mass is 448 g/mol. The largest absolute Gasteiger partial charge is 0.475 e. The van der Waals surface area contributed by atoms with Crippen molar-refractivity contribution in [1.29, 1.82) is 0 Å². The molecule has 1 aliphatic heterocycles. The maximum Gasteiger partial charge on any atom is 0.370 e. The lowest BCUT2D eigenvalue weighted by Gasteiger charge is -2.36. The average molecular weight is 448 g/mol. The number of allylic oxidation sites excluding steroid dienone is 1. The van der Waals surface area contributed by atoms with Crippen LogP contribution in [0.4, 0.5) is 0 Å². The number of ether oxygens (including phenoxy) is 4. The number of para-hydroxylation sites is 1. The molecule has 2 N–H and O–H groups in total. The van der Waals surface area contributed by atoms with Gasteiger partial charge in [-0.3, -0.25) is 4.79 Å². The van der Waals surface area contributed by atoms with E-state index in [0.29, 0.717) is 49.4 Å². The second-order valence-corrected chi connectivity index (χ2v) is 7.22. The molecule has 3 atom stereocenters. The van der Waals surface area contributed by atoms with Gasteiger partial charge in [-0.15, -0.1) is 0 Å². The van der Waals surface area contributed by atoms with Gasteiger partial charge in [0.1, 0.15) is 5.58 Å². The van der Waals surface area contributed by atoms with Gasteiger partial charge in [0.2, 0.25) is 12.0 Å². The minimum atomic E-state index is -1.24. The van der Waals surface area contributed by atoms with E-state index in [1.54, 1.807) is 31.2 Å². The van der Waals surface area contributed by atoms with E-state index in [2.05, 4.69) is 0 Å². The fourth-order valence-electron chi connectivity index (χ4n) is 3.72. The number of aliphatic hydroxyl groups excluding tert-OH is 1. The molecule has 0 fully saturated rings. The van der Waals surface area contributed by atoms with Gasteiger partial charge in [-0.2, -0.15) is 0 Å². The zero-order chi connectivity index (χ0) is 22.9. The molecule has 1 aromatic heterocycles. The molecule has 0 radical (unpaired) electrons. The Morgan fingerprint density at radius 1 is 1.12 bits per heavy atom. The third-order valence-electron chi connectivity index (χ3n) is 5.20. The van der Waals surface area contributed by atoms with E-state index in [1.807, 2.05) is 0 Å². The summed E-state index contributed by atoms with van der Waals surface area (Å²) in [4.78, 5) is 24.9. The fraction of sp³-hybridized carbons (Fsp3) is 0.478. The summed E-state index contributed by atoms with van der Waals surface area (Å²) in [7, 11) is 0. The Hall–Kier alpha value is -2.72. The van der Waals surface area contributed by atoms with Crippen LogP contribution in [-0.2, 0) is 23.7 Å². The molecule has 0 aliphatic carbocycles. The van der Waals surface area contributed by atoms with Gasteiger partial charge in [-0.05, 0) is 31.6 Å². The molecule has 0 spiro atoms. The maximum absolute atomic E-state index is 13.2. The number of aliphatic carboxylic acids is 1. The van der Waals surface area contributed by atoms with E-state index in [4.69, 9.17) is 28.5 Å². The van der Waals surface area contributed by atoms with Gasteiger partial charge in [0.05, 0.1) is 38.1 Å². The first-order valence-corrected chi connectivity index (χ1v) is 10.6. The van der Waals surface area contributed by atoms with E-state index in [0.717, 1.165) is 0 Å². The van der Waals surface area contributed by atoms with Crippen LogP contribution >= 0.6 is 0 Å². The van der Waals surface area contributed by atoms with E-state index < -0.39 is 18.2 Å². The Morgan fingerprint density at radius 3 is 2.59 bits per heavy atom. The van der Waals surface area contributed by atoms with Crippen LogP contribution in [0.25, 0.3) is 11.0 Å². The topological polar surface area (TPSA) is 125 Å². The number of carbonyl (C=O) groups is 1. The summed E-state index contributed by atoms with van der Waals surface area (Å²) in [5, 5.41) is 18.7. The average Bonchev–Trinajstić information content (AvgIpc) is 2.79. The molecule has 2 aromatic rings. The highest BCUT2D eigenvalue weighted by Crippen LogP contribution is 2.38. The van der Waals surface area contributed by atoms with Crippen LogP contribution in [0.2, 0.25) is 0 Å². The second kappa shape index (κ2) is 11.8. The number of hydrogen-bond acceptors (Lipinski definition) is 8. The summed E-state index contributed by atoms with van der Waals surface area (Å²) in [5.41, 5.74) is 0.574. The Morgan fingerprint density at radius 2 is 1.88 bits per heavy atom. The van der Waals surface area contributed by atoms with Crippen molar-refractivity contribution in [2.24, 2.45) is 5.92 Å². The number of carboxylic acid groups (broad SMARTS) is 1. The first kappa shape index (κ1) is 23.9. The molecule has 1 aliphatic rings. The van der Waals surface area contributed by atoms with Crippen LogP contribution < -0.4 is 5.43 Å². The maximum atomic E-state index is 13.2. The van der Waals surface area contributed by atoms with Crippen molar-refractivity contribution in [3.05, 3.63) is 58.2 Å². The summed E-state index contributed by atoms with van der Waals surface area (Å²) >= 11 is 0. The fourth-order valence-corrected chi connectivity index (χ4v) is 3.72. The molecule has 174 valence electrons. The van der Waals surface area contributed by atoms with Gasteiger partial charge in [-0.1, -0.05) is 12.1 Å². The lowest BCUT2D eigenvalue weighted by atomic mass is 9.81. The van der Waals surface area contributed by atoms with Crippen molar-refractivity contribution in [2.45, 2.75) is 25.6 Å². The van der Waals surface area contributed by atoms with Crippen LogP contribution in [0, 0.1) is 5.92 Å². The van der Waals surface area contributed by atoms with E-state index in [9.17, 15) is 14.7 Å². The first-order valence-electron chi connectivity index (χ1n) is 10.6. The Labute approximate surface area is 185 Å². The molecule has 0 saturated carbocycles. The standard InChI is InChI=1S/C23H28O9/c1-2-30-23-15(7-9-28-11-12-29-10-8-24)17(13-20(32-23)22(26)27)18-14-31-19-6-4-3-5-16(19)21(18)25/h3-6,13-15,17,23-24H,2,7-12H2,1H3,(H,26,27)/t15-,17-,23+/m0/s1. The van der Waals surface area contributed by atoms with Crippen molar-refractivity contribution in [1.82, 2.24) is 0 Å². The summed E-state index contributed by atoms with van der Waals surface area (Å²) in [6.45, 7) is 3.30. The lowest BCUT2D eigenvalue weighted by molar-refractivity contribution is -0.174. The molecular weight excluding hydrogens is 420 g/mol. The van der Waals surface area contributed by atoms with Crippen LogP contribution in [-0.4, -0.2) is 62.1 Å². The van der Waals surface area contributed by atoms with Crippen molar-refractivity contribution in [2.75, 3.05) is 39.6 Å². The van der Waals surface area contributed by atoms with E-state index >= 15 is 0 Å². The minimum Gasteiger partial charge on any atom is -0.475 e. The highest BCUT2D eigenvalue weighted by molar-refractivity contribution is 5.84. The number of rotatable bonds is 12. The predicted octanol–water partition coefficient (Wildman–Crippen LogP) is 2.27.